The first kappa shape index (κ1) is 17.0. The molecule has 1 aromatic carbocycles. The number of rotatable bonds is 7. The van der Waals surface area contributed by atoms with Crippen LogP contribution in [0.1, 0.15) is 44.0 Å². The normalized spacial score (nSPS) is 12.0. The molecule has 0 aliphatic carbocycles. The molecule has 0 fully saturated rings. The highest BCUT2D eigenvalue weighted by atomic mass is 16.4. The van der Waals surface area contributed by atoms with Crippen LogP contribution in [0, 0.1) is 0 Å². The number of hydrogen-bond donors (Lipinski definition) is 1. The van der Waals surface area contributed by atoms with Crippen LogP contribution in [0.25, 0.3) is 0 Å². The van der Waals surface area contributed by atoms with Gasteiger partial charge in [0.15, 0.2) is 0 Å². The van der Waals surface area contributed by atoms with Gasteiger partial charge in [0.2, 0.25) is 11.8 Å². The first-order chi connectivity index (χ1) is 11.1. The molecule has 0 aliphatic heterocycles. The maximum Gasteiger partial charge on any atom is 0.317 e. The lowest BCUT2D eigenvalue weighted by Crippen LogP contribution is -2.40. The maximum atomic E-state index is 12.3. The Morgan fingerprint density at radius 3 is 2.52 bits per heavy atom. The van der Waals surface area contributed by atoms with Gasteiger partial charge in [-0.2, -0.15) is 0 Å². The van der Waals surface area contributed by atoms with Crippen molar-refractivity contribution in [1.82, 2.24) is 20.4 Å². The van der Waals surface area contributed by atoms with Crippen LogP contribution in [-0.2, 0) is 13.0 Å². The molecular formula is C17H24N4O2. The number of aryl methyl sites for hydroxylation is 1. The van der Waals surface area contributed by atoms with E-state index in [1.165, 1.54) is 5.56 Å². The summed E-state index contributed by atoms with van der Waals surface area (Å²) in [6.45, 7) is 7.47. The topological polar surface area (TPSA) is 71.3 Å². The predicted molar refractivity (Wildman–Crippen MR) is 88.0 cm³/mol. The zero-order valence-electron chi connectivity index (χ0n) is 14.0. The minimum Gasteiger partial charge on any atom is -0.423 e. The van der Waals surface area contributed by atoms with Gasteiger partial charge >= 0.3 is 6.03 Å². The molecular weight excluding hydrogens is 292 g/mol. The van der Waals surface area contributed by atoms with Crippen molar-refractivity contribution >= 4 is 6.03 Å². The second-order valence-electron chi connectivity index (χ2n) is 5.46. The minimum atomic E-state index is -0.119. The third-order valence-corrected chi connectivity index (χ3v) is 3.73. The lowest BCUT2D eigenvalue weighted by atomic mass is 10.0. The molecule has 23 heavy (non-hydrogen) atoms. The number of hydrogen-bond acceptors (Lipinski definition) is 4. The SMILES string of the molecule is CCc1nnc(CN(CC)C(=O)NC[C@@H](C)c2ccccc2)o1. The summed E-state index contributed by atoms with van der Waals surface area (Å²) in [6, 6.07) is 10.0. The highest BCUT2D eigenvalue weighted by Gasteiger charge is 2.16. The third kappa shape index (κ3) is 4.81. The Morgan fingerprint density at radius 2 is 1.91 bits per heavy atom. The zero-order chi connectivity index (χ0) is 16.7. The van der Waals surface area contributed by atoms with Crippen LogP contribution in [0.4, 0.5) is 4.79 Å². The number of carbonyl (C=O) groups is 1. The summed E-state index contributed by atoms with van der Waals surface area (Å²) in [5, 5.41) is 10.9. The Labute approximate surface area is 136 Å². The number of benzene rings is 1. The molecule has 0 unspecified atom stereocenters. The molecule has 1 heterocycles. The highest BCUT2D eigenvalue weighted by Crippen LogP contribution is 2.13. The molecule has 124 valence electrons. The molecule has 1 N–H and O–H groups in total. The molecule has 0 bridgehead atoms. The predicted octanol–water partition coefficient (Wildman–Crippen LogP) is 2.97. The van der Waals surface area contributed by atoms with Crippen LogP contribution in [0.2, 0.25) is 0 Å². The Bertz CT molecular complexity index is 612. The van der Waals surface area contributed by atoms with Crippen LogP contribution in [0.3, 0.4) is 0 Å². The summed E-state index contributed by atoms with van der Waals surface area (Å²) in [7, 11) is 0. The van der Waals surface area contributed by atoms with Crippen molar-refractivity contribution < 1.29 is 9.21 Å². The average Bonchev–Trinajstić information content (AvgIpc) is 3.05. The van der Waals surface area contributed by atoms with Crippen molar-refractivity contribution in [2.45, 2.75) is 39.7 Å². The van der Waals surface area contributed by atoms with Gasteiger partial charge in [-0.25, -0.2) is 4.79 Å². The van der Waals surface area contributed by atoms with E-state index in [-0.39, 0.29) is 11.9 Å². The number of carbonyl (C=O) groups excluding carboxylic acids is 1. The van der Waals surface area contributed by atoms with E-state index in [1.54, 1.807) is 4.90 Å². The molecule has 0 saturated carbocycles. The molecule has 1 atom stereocenters. The summed E-state index contributed by atoms with van der Waals surface area (Å²) in [6.07, 6.45) is 0.694. The molecule has 0 saturated heterocycles. The number of aromatic nitrogens is 2. The van der Waals surface area contributed by atoms with Crippen molar-refractivity contribution in [1.29, 1.82) is 0 Å². The van der Waals surface area contributed by atoms with Gasteiger partial charge in [0, 0.05) is 19.5 Å². The van der Waals surface area contributed by atoms with Gasteiger partial charge in [-0.3, -0.25) is 0 Å². The van der Waals surface area contributed by atoms with E-state index in [0.717, 1.165) is 0 Å². The van der Waals surface area contributed by atoms with E-state index in [0.29, 0.717) is 37.8 Å². The summed E-state index contributed by atoms with van der Waals surface area (Å²) >= 11 is 0. The number of amides is 2. The Kier molecular flexibility index (Phi) is 6.14. The largest absolute Gasteiger partial charge is 0.423 e. The fourth-order valence-electron chi connectivity index (χ4n) is 2.24. The minimum absolute atomic E-state index is 0.119. The van der Waals surface area contributed by atoms with Crippen LogP contribution in [-0.4, -0.2) is 34.2 Å². The highest BCUT2D eigenvalue weighted by molar-refractivity contribution is 5.74. The summed E-state index contributed by atoms with van der Waals surface area (Å²) in [5.74, 6) is 1.32. The van der Waals surface area contributed by atoms with Crippen molar-refractivity contribution in [3.05, 3.63) is 47.7 Å². The van der Waals surface area contributed by atoms with Gasteiger partial charge in [0.1, 0.15) is 6.54 Å². The van der Waals surface area contributed by atoms with Gasteiger partial charge in [0.05, 0.1) is 0 Å². The average molecular weight is 316 g/mol. The molecule has 2 rings (SSSR count). The van der Waals surface area contributed by atoms with E-state index in [1.807, 2.05) is 32.0 Å². The van der Waals surface area contributed by atoms with Crippen molar-refractivity contribution in [2.75, 3.05) is 13.1 Å². The Morgan fingerprint density at radius 1 is 1.22 bits per heavy atom. The standard InChI is InChI=1S/C17H24N4O2/c1-4-15-19-20-16(23-15)12-21(5-2)17(22)18-11-13(3)14-9-7-6-8-10-14/h6-10,13H,4-5,11-12H2,1-3H3,(H,18,22)/t13-/m1/s1. The van der Waals surface area contributed by atoms with E-state index in [4.69, 9.17) is 4.42 Å². The van der Waals surface area contributed by atoms with Crippen molar-refractivity contribution in [3.8, 4) is 0 Å². The van der Waals surface area contributed by atoms with Crippen LogP contribution in [0.5, 0.6) is 0 Å². The molecule has 2 aromatic rings. The molecule has 2 amide bonds. The first-order valence-corrected chi connectivity index (χ1v) is 8.03. The van der Waals surface area contributed by atoms with Gasteiger partial charge < -0.3 is 14.6 Å². The van der Waals surface area contributed by atoms with Crippen LogP contribution in [0.15, 0.2) is 34.7 Å². The molecule has 6 heteroatoms. The lowest BCUT2D eigenvalue weighted by Gasteiger charge is -2.21. The third-order valence-electron chi connectivity index (χ3n) is 3.73. The molecule has 0 radical (unpaired) electrons. The zero-order valence-corrected chi connectivity index (χ0v) is 14.0. The molecule has 0 aliphatic rings. The fraction of sp³-hybridized carbons (Fsp3) is 0.471. The van der Waals surface area contributed by atoms with Gasteiger partial charge in [0.25, 0.3) is 0 Å². The summed E-state index contributed by atoms with van der Waals surface area (Å²) < 4.78 is 5.47. The maximum absolute atomic E-state index is 12.3. The summed E-state index contributed by atoms with van der Waals surface area (Å²) in [5.41, 5.74) is 1.21. The van der Waals surface area contributed by atoms with Crippen molar-refractivity contribution in [2.24, 2.45) is 0 Å². The fourth-order valence-corrected chi connectivity index (χ4v) is 2.24. The quantitative estimate of drug-likeness (QED) is 0.852. The monoisotopic (exact) mass is 316 g/mol. The molecule has 6 nitrogen and oxygen atoms in total. The second-order valence-corrected chi connectivity index (χ2v) is 5.46. The molecule has 1 aromatic heterocycles. The number of nitrogens with one attached hydrogen (secondary N) is 1. The first-order valence-electron chi connectivity index (χ1n) is 8.03. The Hall–Kier alpha value is -2.37. The van der Waals surface area contributed by atoms with Gasteiger partial charge in [-0.15, -0.1) is 10.2 Å². The van der Waals surface area contributed by atoms with Gasteiger partial charge in [-0.1, -0.05) is 44.2 Å². The van der Waals surface area contributed by atoms with E-state index < -0.39 is 0 Å². The Balaban J connectivity index is 1.87. The molecule has 0 spiro atoms. The van der Waals surface area contributed by atoms with Crippen molar-refractivity contribution in [3.63, 3.8) is 0 Å². The van der Waals surface area contributed by atoms with E-state index in [9.17, 15) is 4.79 Å². The second kappa shape index (κ2) is 8.31. The smallest absolute Gasteiger partial charge is 0.317 e. The van der Waals surface area contributed by atoms with Crippen LogP contribution < -0.4 is 5.32 Å². The van der Waals surface area contributed by atoms with Crippen LogP contribution >= 0.6 is 0 Å². The number of urea groups is 1. The lowest BCUT2D eigenvalue weighted by molar-refractivity contribution is 0.191. The van der Waals surface area contributed by atoms with Gasteiger partial charge in [-0.05, 0) is 18.4 Å². The summed E-state index contributed by atoms with van der Waals surface area (Å²) in [4.78, 5) is 14.0. The number of nitrogens with zero attached hydrogens (tertiary/aromatic N) is 3. The van der Waals surface area contributed by atoms with E-state index in [2.05, 4.69) is 34.6 Å². The van der Waals surface area contributed by atoms with E-state index >= 15 is 0 Å².